The number of rotatable bonds is 3. The molecule has 0 bridgehead atoms. The first-order valence-electron chi connectivity index (χ1n) is 5.52. The lowest BCUT2D eigenvalue weighted by atomic mass is 10.1. The highest BCUT2D eigenvalue weighted by molar-refractivity contribution is 7.94. The average molecular weight is 269 g/mol. The van der Waals surface area contributed by atoms with Gasteiger partial charge in [0, 0.05) is 5.56 Å². The first kappa shape index (κ1) is 14.5. The van der Waals surface area contributed by atoms with E-state index in [1.807, 2.05) is 0 Å². The van der Waals surface area contributed by atoms with Gasteiger partial charge in [0.2, 0.25) is 10.0 Å². The molecule has 18 heavy (non-hydrogen) atoms. The Bertz CT molecular complexity index is 571. The number of hydrogen-bond donors (Lipinski definition) is 3. The summed E-state index contributed by atoms with van der Waals surface area (Å²) in [4.78, 5) is 0. The van der Waals surface area contributed by atoms with E-state index in [2.05, 4.69) is 4.72 Å². The van der Waals surface area contributed by atoms with E-state index in [9.17, 15) is 8.42 Å². The molecule has 1 rings (SSSR count). The number of hydrogen-bond acceptors (Lipinski definition) is 3. The van der Waals surface area contributed by atoms with Crippen LogP contribution >= 0.6 is 0 Å². The number of anilines is 1. The van der Waals surface area contributed by atoms with Crippen LogP contribution in [0.1, 0.15) is 31.9 Å². The van der Waals surface area contributed by atoms with Crippen LogP contribution in [0.4, 0.5) is 5.69 Å². The van der Waals surface area contributed by atoms with E-state index in [1.54, 1.807) is 45.9 Å². The Morgan fingerprint density at radius 1 is 1.33 bits per heavy atom. The summed E-state index contributed by atoms with van der Waals surface area (Å²) in [5, 5.41) is 7.52. The molecule has 0 saturated carbocycles. The van der Waals surface area contributed by atoms with Gasteiger partial charge in [-0.05, 0) is 39.3 Å². The second-order valence-electron chi connectivity index (χ2n) is 5.13. The van der Waals surface area contributed by atoms with E-state index in [1.165, 1.54) is 0 Å². The zero-order valence-electron chi connectivity index (χ0n) is 11.0. The summed E-state index contributed by atoms with van der Waals surface area (Å²) >= 11 is 0. The van der Waals surface area contributed by atoms with Crippen molar-refractivity contribution in [3.05, 3.63) is 29.3 Å². The molecule has 1 aromatic carbocycles. The highest BCUT2D eigenvalue weighted by Gasteiger charge is 2.29. The minimum Gasteiger partial charge on any atom is -0.384 e. The molecular formula is C12H19N3O2S. The molecule has 0 saturated heterocycles. The highest BCUT2D eigenvalue weighted by atomic mass is 32.2. The summed E-state index contributed by atoms with van der Waals surface area (Å²) in [6.07, 6.45) is 0. The molecule has 0 aliphatic carbocycles. The molecule has 6 heteroatoms. The summed E-state index contributed by atoms with van der Waals surface area (Å²) in [5.41, 5.74) is 7.02. The van der Waals surface area contributed by atoms with Crippen molar-refractivity contribution in [2.24, 2.45) is 5.73 Å². The van der Waals surface area contributed by atoms with Crippen molar-refractivity contribution in [3.63, 3.8) is 0 Å². The number of nitrogens with one attached hydrogen (secondary N) is 2. The molecule has 0 unspecified atom stereocenters. The van der Waals surface area contributed by atoms with Gasteiger partial charge in [-0.15, -0.1) is 0 Å². The molecule has 1 aromatic rings. The van der Waals surface area contributed by atoms with Crippen LogP contribution in [0.3, 0.4) is 0 Å². The summed E-state index contributed by atoms with van der Waals surface area (Å²) in [7, 11) is -3.53. The maximum Gasteiger partial charge on any atom is 0.237 e. The molecule has 0 aromatic heterocycles. The number of amidine groups is 1. The van der Waals surface area contributed by atoms with Crippen LogP contribution < -0.4 is 10.5 Å². The summed E-state index contributed by atoms with van der Waals surface area (Å²) in [6.45, 7) is 6.61. The molecule has 0 fully saturated rings. The first-order chi connectivity index (χ1) is 8.06. The van der Waals surface area contributed by atoms with Crippen LogP contribution in [0.25, 0.3) is 0 Å². The Morgan fingerprint density at radius 3 is 2.33 bits per heavy atom. The Hall–Kier alpha value is -1.56. The van der Waals surface area contributed by atoms with E-state index in [0.717, 1.165) is 5.56 Å². The normalized spacial score (nSPS) is 12.2. The summed E-state index contributed by atoms with van der Waals surface area (Å²) in [6, 6.07) is 5.11. The Kier molecular flexibility index (Phi) is 3.71. The molecule has 0 spiro atoms. The highest BCUT2D eigenvalue weighted by Crippen LogP contribution is 2.24. The SMILES string of the molecule is Cc1cccc(NS(=O)(=O)C(C)(C)C)c1C(=N)N. The van der Waals surface area contributed by atoms with Gasteiger partial charge in [0.1, 0.15) is 5.84 Å². The summed E-state index contributed by atoms with van der Waals surface area (Å²) in [5.74, 6) is -0.153. The quantitative estimate of drug-likeness (QED) is 0.577. The fraction of sp³-hybridized carbons (Fsp3) is 0.417. The van der Waals surface area contributed by atoms with E-state index in [0.29, 0.717) is 11.3 Å². The fourth-order valence-electron chi connectivity index (χ4n) is 1.41. The lowest BCUT2D eigenvalue weighted by Gasteiger charge is -2.22. The van der Waals surface area contributed by atoms with Crippen LogP contribution in [-0.4, -0.2) is 19.0 Å². The molecule has 0 radical (unpaired) electrons. The van der Waals surface area contributed by atoms with Crippen molar-refractivity contribution in [2.45, 2.75) is 32.4 Å². The maximum atomic E-state index is 12.1. The number of nitrogen functional groups attached to an aromatic ring is 1. The third-order valence-corrected chi connectivity index (χ3v) is 4.69. The van der Waals surface area contributed by atoms with Gasteiger partial charge in [0.25, 0.3) is 0 Å². The van der Waals surface area contributed by atoms with Crippen molar-refractivity contribution in [2.75, 3.05) is 4.72 Å². The minimum absolute atomic E-state index is 0.153. The minimum atomic E-state index is -3.53. The maximum absolute atomic E-state index is 12.1. The third-order valence-electron chi connectivity index (χ3n) is 2.59. The number of benzene rings is 1. The lowest BCUT2D eigenvalue weighted by Crippen LogP contribution is -2.34. The van der Waals surface area contributed by atoms with Gasteiger partial charge in [-0.25, -0.2) is 8.42 Å². The molecule has 4 N–H and O–H groups in total. The van der Waals surface area contributed by atoms with Crippen molar-refractivity contribution in [1.82, 2.24) is 0 Å². The first-order valence-corrected chi connectivity index (χ1v) is 7.01. The molecule has 0 amide bonds. The van der Waals surface area contributed by atoms with Gasteiger partial charge in [-0.2, -0.15) is 0 Å². The van der Waals surface area contributed by atoms with E-state index in [4.69, 9.17) is 11.1 Å². The van der Waals surface area contributed by atoms with Gasteiger partial charge < -0.3 is 5.73 Å². The van der Waals surface area contributed by atoms with Crippen LogP contribution in [0.15, 0.2) is 18.2 Å². The van der Waals surface area contributed by atoms with Crippen molar-refractivity contribution >= 4 is 21.5 Å². The molecule has 0 heterocycles. The topological polar surface area (TPSA) is 96.0 Å². The van der Waals surface area contributed by atoms with Crippen molar-refractivity contribution in [3.8, 4) is 0 Å². The Balaban J connectivity index is 3.30. The molecule has 0 aliphatic rings. The molecule has 0 atom stereocenters. The van der Waals surface area contributed by atoms with E-state index >= 15 is 0 Å². The van der Waals surface area contributed by atoms with Crippen LogP contribution in [0.5, 0.6) is 0 Å². The lowest BCUT2D eigenvalue weighted by molar-refractivity contribution is 0.566. The Morgan fingerprint density at radius 2 is 1.89 bits per heavy atom. The number of aryl methyl sites for hydroxylation is 1. The average Bonchev–Trinajstić information content (AvgIpc) is 2.14. The van der Waals surface area contributed by atoms with Crippen LogP contribution in [-0.2, 0) is 10.0 Å². The smallest absolute Gasteiger partial charge is 0.237 e. The predicted octanol–water partition coefficient (Wildman–Crippen LogP) is 1.82. The molecule has 0 aliphatic heterocycles. The monoisotopic (exact) mass is 269 g/mol. The third kappa shape index (κ3) is 2.81. The fourth-order valence-corrected chi connectivity index (χ4v) is 2.17. The van der Waals surface area contributed by atoms with Gasteiger partial charge >= 0.3 is 0 Å². The number of nitrogens with two attached hydrogens (primary N) is 1. The van der Waals surface area contributed by atoms with Crippen LogP contribution in [0.2, 0.25) is 0 Å². The van der Waals surface area contributed by atoms with Crippen molar-refractivity contribution < 1.29 is 8.42 Å². The van der Waals surface area contributed by atoms with Gasteiger partial charge in [-0.1, -0.05) is 12.1 Å². The molecular weight excluding hydrogens is 250 g/mol. The van der Waals surface area contributed by atoms with Crippen LogP contribution in [0, 0.1) is 12.3 Å². The van der Waals surface area contributed by atoms with E-state index < -0.39 is 14.8 Å². The standard InChI is InChI=1S/C12H19N3O2S/c1-8-6-5-7-9(10(8)11(13)14)15-18(16,17)12(2,3)4/h5-7,15H,1-4H3,(H3,13,14). The number of sulfonamides is 1. The second-order valence-corrected chi connectivity index (χ2v) is 7.56. The van der Waals surface area contributed by atoms with Gasteiger partial charge in [0.05, 0.1) is 10.4 Å². The van der Waals surface area contributed by atoms with Gasteiger partial charge in [0.15, 0.2) is 0 Å². The Labute approximate surface area is 108 Å². The second kappa shape index (κ2) is 4.61. The van der Waals surface area contributed by atoms with Gasteiger partial charge in [-0.3, -0.25) is 10.1 Å². The zero-order valence-corrected chi connectivity index (χ0v) is 11.9. The molecule has 5 nitrogen and oxygen atoms in total. The predicted molar refractivity (Wildman–Crippen MR) is 74.5 cm³/mol. The summed E-state index contributed by atoms with van der Waals surface area (Å²) < 4.78 is 25.7. The van der Waals surface area contributed by atoms with Crippen molar-refractivity contribution in [1.29, 1.82) is 5.41 Å². The van der Waals surface area contributed by atoms with E-state index in [-0.39, 0.29) is 5.84 Å². The largest absolute Gasteiger partial charge is 0.384 e. The zero-order chi connectivity index (χ0) is 14.1. The molecule has 100 valence electrons.